The van der Waals surface area contributed by atoms with Crippen molar-refractivity contribution < 1.29 is 17.4 Å². The third-order valence-electron chi connectivity index (χ3n) is 3.78. The normalized spacial score (nSPS) is 11.6. The number of benzene rings is 2. The van der Waals surface area contributed by atoms with Crippen LogP contribution in [-0.2, 0) is 21.3 Å². The van der Waals surface area contributed by atoms with E-state index in [1.165, 1.54) is 6.26 Å². The number of rotatable bonds is 6. The van der Waals surface area contributed by atoms with Crippen molar-refractivity contribution in [3.63, 3.8) is 0 Å². The van der Waals surface area contributed by atoms with Gasteiger partial charge in [0, 0.05) is 11.1 Å². The van der Waals surface area contributed by atoms with Crippen molar-refractivity contribution in [2.75, 3.05) is 0 Å². The number of aromatic nitrogens is 3. The summed E-state index contributed by atoms with van der Waals surface area (Å²) in [7, 11) is -3.54. The van der Waals surface area contributed by atoms with Gasteiger partial charge in [0.05, 0.1) is 11.4 Å². The molecule has 0 radical (unpaired) electrons. The first-order valence-electron chi connectivity index (χ1n) is 8.17. The summed E-state index contributed by atoms with van der Waals surface area (Å²) < 4.78 is 35.4. The molecule has 27 heavy (non-hydrogen) atoms. The van der Waals surface area contributed by atoms with Gasteiger partial charge in [-0.15, -0.1) is 0 Å². The number of sulfone groups is 1. The molecular weight excluding hydrogens is 366 g/mol. The molecule has 0 spiro atoms. The Balaban J connectivity index is 1.47. The van der Waals surface area contributed by atoms with Gasteiger partial charge in [0.25, 0.3) is 0 Å². The van der Waals surface area contributed by atoms with Crippen molar-refractivity contribution in [2.45, 2.75) is 11.5 Å². The zero-order chi connectivity index (χ0) is 18.7. The molecule has 0 fully saturated rings. The van der Waals surface area contributed by atoms with Crippen LogP contribution in [0.5, 0.6) is 0 Å². The number of nitrogens with zero attached hydrogens (tertiary/aromatic N) is 3. The third-order valence-corrected chi connectivity index (χ3v) is 5.21. The summed E-state index contributed by atoms with van der Waals surface area (Å²) in [4.78, 5) is 8.41. The molecule has 0 amide bonds. The first-order chi connectivity index (χ1) is 13.1. The SMILES string of the molecule is O=S(=O)(Cc1coc(-c2ccccc2)n1)Cc1nc(-c2ccccc2)no1. The van der Waals surface area contributed by atoms with Gasteiger partial charge in [-0.3, -0.25) is 0 Å². The predicted octanol–water partition coefficient (Wildman–Crippen LogP) is 3.51. The summed E-state index contributed by atoms with van der Waals surface area (Å²) in [5, 5.41) is 3.84. The summed E-state index contributed by atoms with van der Waals surface area (Å²) in [6.45, 7) is 0. The largest absolute Gasteiger partial charge is 0.444 e. The highest BCUT2D eigenvalue weighted by atomic mass is 32.2. The number of hydrogen-bond donors (Lipinski definition) is 0. The van der Waals surface area contributed by atoms with Crippen LogP contribution in [0.15, 0.2) is 75.9 Å². The molecule has 0 saturated carbocycles. The van der Waals surface area contributed by atoms with Gasteiger partial charge >= 0.3 is 0 Å². The van der Waals surface area contributed by atoms with Crippen LogP contribution in [0.1, 0.15) is 11.6 Å². The van der Waals surface area contributed by atoms with E-state index in [9.17, 15) is 8.42 Å². The molecule has 0 unspecified atom stereocenters. The van der Waals surface area contributed by atoms with Crippen molar-refractivity contribution in [2.24, 2.45) is 0 Å². The van der Waals surface area contributed by atoms with Gasteiger partial charge in [0.2, 0.25) is 17.6 Å². The summed E-state index contributed by atoms with van der Waals surface area (Å²) in [5.41, 5.74) is 1.87. The maximum atomic E-state index is 12.5. The Kier molecular flexibility index (Phi) is 4.55. The zero-order valence-corrected chi connectivity index (χ0v) is 15.0. The van der Waals surface area contributed by atoms with Crippen molar-refractivity contribution in [1.82, 2.24) is 15.1 Å². The Morgan fingerprint density at radius 3 is 2.19 bits per heavy atom. The standard InChI is InChI=1S/C19H15N3O4S/c23-27(24,12-16-11-25-19(20-16)15-9-5-2-6-10-15)13-17-21-18(22-26-17)14-7-3-1-4-8-14/h1-11H,12-13H2. The fraction of sp³-hybridized carbons (Fsp3) is 0.105. The maximum absolute atomic E-state index is 12.5. The smallest absolute Gasteiger partial charge is 0.242 e. The van der Waals surface area contributed by atoms with Crippen LogP contribution in [0.3, 0.4) is 0 Å². The predicted molar refractivity (Wildman–Crippen MR) is 98.0 cm³/mol. The monoisotopic (exact) mass is 381 g/mol. The molecule has 0 saturated heterocycles. The fourth-order valence-electron chi connectivity index (χ4n) is 2.57. The van der Waals surface area contributed by atoms with Crippen molar-refractivity contribution in [3.8, 4) is 22.8 Å². The van der Waals surface area contributed by atoms with Crippen molar-refractivity contribution >= 4 is 9.84 Å². The molecule has 7 nitrogen and oxygen atoms in total. The summed E-state index contributed by atoms with van der Waals surface area (Å²) in [6.07, 6.45) is 1.35. The summed E-state index contributed by atoms with van der Waals surface area (Å²) >= 11 is 0. The van der Waals surface area contributed by atoms with Crippen molar-refractivity contribution in [1.29, 1.82) is 0 Å². The van der Waals surface area contributed by atoms with Gasteiger partial charge < -0.3 is 8.94 Å². The molecule has 4 rings (SSSR count). The van der Waals surface area contributed by atoms with E-state index in [4.69, 9.17) is 8.94 Å². The molecule has 2 heterocycles. The van der Waals surface area contributed by atoms with Crippen LogP contribution in [0.4, 0.5) is 0 Å². The van der Waals surface area contributed by atoms with E-state index in [1.54, 1.807) is 0 Å². The quantitative estimate of drug-likeness (QED) is 0.504. The van der Waals surface area contributed by atoms with E-state index >= 15 is 0 Å². The molecule has 8 heteroatoms. The molecule has 2 aromatic carbocycles. The maximum Gasteiger partial charge on any atom is 0.242 e. The Morgan fingerprint density at radius 1 is 0.815 bits per heavy atom. The minimum absolute atomic E-state index is 0.0423. The Labute approximate surface area is 155 Å². The number of oxazole rings is 1. The van der Waals surface area contributed by atoms with Gasteiger partial charge in [0.1, 0.15) is 12.0 Å². The van der Waals surface area contributed by atoms with Crippen LogP contribution in [-0.4, -0.2) is 23.5 Å². The van der Waals surface area contributed by atoms with E-state index < -0.39 is 9.84 Å². The lowest BCUT2D eigenvalue weighted by atomic mass is 10.2. The van der Waals surface area contributed by atoms with Gasteiger partial charge in [-0.1, -0.05) is 53.7 Å². The van der Waals surface area contributed by atoms with Gasteiger partial charge in [-0.2, -0.15) is 4.98 Å². The Morgan fingerprint density at radius 2 is 1.48 bits per heavy atom. The van der Waals surface area contributed by atoms with E-state index in [0.29, 0.717) is 17.4 Å². The lowest BCUT2D eigenvalue weighted by Crippen LogP contribution is -2.08. The van der Waals surface area contributed by atoms with Gasteiger partial charge in [-0.05, 0) is 12.1 Å². The second-order valence-corrected chi connectivity index (χ2v) is 7.98. The first-order valence-corrected chi connectivity index (χ1v) is 9.99. The van der Waals surface area contributed by atoms with Gasteiger partial charge in [-0.25, -0.2) is 13.4 Å². The molecule has 0 aliphatic carbocycles. The van der Waals surface area contributed by atoms with Crippen LogP contribution in [0.2, 0.25) is 0 Å². The second-order valence-electron chi connectivity index (χ2n) is 5.92. The molecule has 0 aliphatic rings. The zero-order valence-electron chi connectivity index (χ0n) is 14.1. The lowest BCUT2D eigenvalue weighted by Gasteiger charge is -1.97. The molecule has 0 bridgehead atoms. The van der Waals surface area contributed by atoms with E-state index in [2.05, 4.69) is 15.1 Å². The van der Waals surface area contributed by atoms with Gasteiger partial charge in [0.15, 0.2) is 9.84 Å². The summed E-state index contributed by atoms with van der Waals surface area (Å²) in [6, 6.07) is 18.5. The highest BCUT2D eigenvalue weighted by Crippen LogP contribution is 2.20. The average molecular weight is 381 g/mol. The molecule has 0 aliphatic heterocycles. The van der Waals surface area contributed by atoms with Crippen LogP contribution < -0.4 is 0 Å². The average Bonchev–Trinajstić information content (AvgIpc) is 3.32. The second kappa shape index (κ2) is 7.16. The molecule has 4 aromatic rings. The third kappa shape index (κ3) is 4.12. The van der Waals surface area contributed by atoms with Crippen LogP contribution in [0, 0.1) is 0 Å². The van der Waals surface area contributed by atoms with E-state index in [0.717, 1.165) is 11.1 Å². The topological polar surface area (TPSA) is 99.1 Å². The Hall–Kier alpha value is -3.26. The lowest BCUT2D eigenvalue weighted by molar-refractivity contribution is 0.389. The van der Waals surface area contributed by atoms with Crippen LogP contribution in [0.25, 0.3) is 22.8 Å². The molecule has 0 atom stereocenters. The number of hydrogen-bond acceptors (Lipinski definition) is 7. The highest BCUT2D eigenvalue weighted by Gasteiger charge is 2.21. The minimum atomic E-state index is -3.54. The highest BCUT2D eigenvalue weighted by molar-refractivity contribution is 7.89. The van der Waals surface area contributed by atoms with E-state index in [-0.39, 0.29) is 17.4 Å². The molecule has 2 aromatic heterocycles. The minimum Gasteiger partial charge on any atom is -0.444 e. The molecule has 136 valence electrons. The summed E-state index contributed by atoms with van der Waals surface area (Å²) in [5.74, 6) is 0.145. The first kappa shape index (κ1) is 17.2. The van der Waals surface area contributed by atoms with Crippen molar-refractivity contribution in [3.05, 3.63) is 78.5 Å². The Bertz CT molecular complexity index is 1050. The fourth-order valence-corrected chi connectivity index (χ4v) is 3.75. The van der Waals surface area contributed by atoms with E-state index in [1.807, 2.05) is 60.7 Å². The molecule has 0 N–H and O–H groups in total. The van der Waals surface area contributed by atoms with Crippen LogP contribution >= 0.6 is 0 Å². The molecular formula is C19H15N3O4S.